The van der Waals surface area contributed by atoms with Gasteiger partial charge in [0, 0.05) is 32.3 Å². The first kappa shape index (κ1) is 20.7. The van der Waals surface area contributed by atoms with Gasteiger partial charge in [0.15, 0.2) is 5.96 Å². The second-order valence-corrected chi connectivity index (χ2v) is 5.60. The second-order valence-electron chi connectivity index (χ2n) is 5.16. The topological polar surface area (TPSA) is 45.7 Å². The number of rotatable bonds is 6. The first-order chi connectivity index (χ1) is 11.2. The lowest BCUT2D eigenvalue weighted by Crippen LogP contribution is -2.36. The zero-order valence-electron chi connectivity index (χ0n) is 13.9. The molecular formula is C18H23ClIN3O. The smallest absolute Gasteiger partial charge is 0.191 e. The molecule has 6 heteroatoms. The third kappa shape index (κ3) is 7.07. The maximum absolute atomic E-state index is 5.99. The number of nitrogens with one attached hydrogen (secondary N) is 2. The summed E-state index contributed by atoms with van der Waals surface area (Å²) in [6.07, 6.45) is 0. The van der Waals surface area contributed by atoms with Gasteiger partial charge in [-0.15, -0.1) is 24.0 Å². The number of benzene rings is 2. The van der Waals surface area contributed by atoms with E-state index >= 15 is 0 Å². The third-order valence-electron chi connectivity index (χ3n) is 3.37. The van der Waals surface area contributed by atoms with E-state index in [0.29, 0.717) is 19.7 Å². The summed E-state index contributed by atoms with van der Waals surface area (Å²) in [5.41, 5.74) is 3.47. The molecular weight excluding hydrogens is 437 g/mol. The molecule has 0 saturated carbocycles. The lowest BCUT2D eigenvalue weighted by atomic mass is 10.1. The quantitative estimate of drug-likeness (QED) is 0.390. The van der Waals surface area contributed by atoms with Gasteiger partial charge >= 0.3 is 0 Å². The first-order valence-electron chi connectivity index (χ1n) is 7.47. The van der Waals surface area contributed by atoms with E-state index in [1.165, 1.54) is 11.1 Å². The van der Waals surface area contributed by atoms with E-state index in [2.05, 4.69) is 39.9 Å². The fraction of sp³-hybridized carbons (Fsp3) is 0.278. The highest BCUT2D eigenvalue weighted by molar-refractivity contribution is 14.0. The highest BCUT2D eigenvalue weighted by Gasteiger charge is 2.00. The number of guanidine groups is 1. The molecule has 0 aliphatic heterocycles. The Morgan fingerprint density at radius 2 is 1.62 bits per heavy atom. The van der Waals surface area contributed by atoms with Gasteiger partial charge in [-0.1, -0.05) is 48.0 Å². The van der Waals surface area contributed by atoms with E-state index in [1.807, 2.05) is 24.3 Å². The highest BCUT2D eigenvalue weighted by Crippen LogP contribution is 2.10. The molecule has 0 spiro atoms. The van der Waals surface area contributed by atoms with Gasteiger partial charge < -0.3 is 15.4 Å². The van der Waals surface area contributed by atoms with Crippen LogP contribution in [0.5, 0.6) is 0 Å². The maximum atomic E-state index is 5.99. The average molecular weight is 460 g/mol. The van der Waals surface area contributed by atoms with Gasteiger partial charge in [-0.25, -0.2) is 0 Å². The predicted molar refractivity (Wildman–Crippen MR) is 111 cm³/mol. The number of nitrogens with zero attached hydrogens (tertiary/aromatic N) is 1. The number of ether oxygens (including phenoxy) is 1. The minimum Gasteiger partial charge on any atom is -0.380 e. The van der Waals surface area contributed by atoms with Crippen molar-refractivity contribution in [1.29, 1.82) is 0 Å². The Labute approximate surface area is 165 Å². The molecule has 24 heavy (non-hydrogen) atoms. The van der Waals surface area contributed by atoms with Crippen LogP contribution in [0.15, 0.2) is 53.5 Å². The molecule has 0 saturated heterocycles. The van der Waals surface area contributed by atoms with Crippen LogP contribution in [-0.4, -0.2) is 20.1 Å². The second kappa shape index (κ2) is 11.3. The molecule has 0 radical (unpaired) electrons. The summed E-state index contributed by atoms with van der Waals surface area (Å²) in [5.74, 6) is 0.756. The van der Waals surface area contributed by atoms with Crippen molar-refractivity contribution in [1.82, 2.24) is 10.6 Å². The molecule has 0 fully saturated rings. The molecule has 2 aromatic carbocycles. The van der Waals surface area contributed by atoms with Crippen LogP contribution in [0.25, 0.3) is 0 Å². The zero-order valence-corrected chi connectivity index (χ0v) is 17.0. The number of halogens is 2. The molecule has 0 aliphatic carbocycles. The van der Waals surface area contributed by atoms with Crippen LogP contribution in [0.1, 0.15) is 16.7 Å². The third-order valence-corrected chi connectivity index (χ3v) is 3.60. The van der Waals surface area contributed by atoms with Gasteiger partial charge in [0.25, 0.3) is 0 Å². The Morgan fingerprint density at radius 1 is 1.00 bits per heavy atom. The van der Waals surface area contributed by atoms with E-state index < -0.39 is 0 Å². The lowest BCUT2D eigenvalue weighted by molar-refractivity contribution is 0.185. The van der Waals surface area contributed by atoms with Crippen molar-refractivity contribution >= 4 is 41.5 Å². The molecule has 0 aliphatic rings. The van der Waals surface area contributed by atoms with Crippen molar-refractivity contribution in [3.63, 3.8) is 0 Å². The standard InChI is InChI=1S/C18H22ClN3O.HI/c1-20-18(22-12-16-4-3-5-17(19)10-16)21-11-14-6-8-15(9-7-14)13-23-2;/h3-10H,11-13H2,1-2H3,(H2,20,21,22);1H. The van der Waals surface area contributed by atoms with Gasteiger partial charge in [-0.2, -0.15) is 0 Å². The maximum Gasteiger partial charge on any atom is 0.191 e. The minimum atomic E-state index is 0. The molecule has 0 amide bonds. The summed E-state index contributed by atoms with van der Waals surface area (Å²) in [4.78, 5) is 4.23. The van der Waals surface area contributed by atoms with Crippen molar-refractivity contribution < 1.29 is 4.74 Å². The number of methoxy groups -OCH3 is 1. The first-order valence-corrected chi connectivity index (χ1v) is 7.85. The van der Waals surface area contributed by atoms with Crippen molar-refractivity contribution in [2.45, 2.75) is 19.7 Å². The predicted octanol–water partition coefficient (Wildman–Crippen LogP) is 3.97. The van der Waals surface area contributed by atoms with Crippen molar-refractivity contribution in [2.24, 2.45) is 4.99 Å². The summed E-state index contributed by atoms with van der Waals surface area (Å²) < 4.78 is 5.11. The number of hydrogen-bond donors (Lipinski definition) is 2. The molecule has 0 atom stereocenters. The Bertz CT molecular complexity index is 647. The molecule has 130 valence electrons. The average Bonchev–Trinajstić information content (AvgIpc) is 2.57. The minimum absolute atomic E-state index is 0. The van der Waals surface area contributed by atoms with Crippen molar-refractivity contribution in [3.05, 3.63) is 70.2 Å². The number of aliphatic imine (C=N–C) groups is 1. The fourth-order valence-corrected chi connectivity index (χ4v) is 2.37. The normalized spacial score (nSPS) is 10.9. The van der Waals surface area contributed by atoms with Gasteiger partial charge in [-0.3, -0.25) is 4.99 Å². The van der Waals surface area contributed by atoms with E-state index in [9.17, 15) is 0 Å². The molecule has 0 bridgehead atoms. The summed E-state index contributed by atoms with van der Waals surface area (Å²) in [6.45, 7) is 2.02. The monoisotopic (exact) mass is 459 g/mol. The largest absolute Gasteiger partial charge is 0.380 e. The van der Waals surface area contributed by atoms with Gasteiger partial charge in [0.1, 0.15) is 0 Å². The summed E-state index contributed by atoms with van der Waals surface area (Å²) in [5, 5.41) is 7.31. The number of hydrogen-bond acceptors (Lipinski definition) is 2. The van der Waals surface area contributed by atoms with Gasteiger partial charge in [-0.05, 0) is 28.8 Å². The van der Waals surface area contributed by atoms with Crippen molar-refractivity contribution in [2.75, 3.05) is 14.2 Å². The van der Waals surface area contributed by atoms with Crippen LogP contribution in [0.3, 0.4) is 0 Å². The highest BCUT2D eigenvalue weighted by atomic mass is 127. The van der Waals surface area contributed by atoms with Gasteiger partial charge in [0.2, 0.25) is 0 Å². The molecule has 0 aromatic heterocycles. The van der Waals surface area contributed by atoms with Crippen LogP contribution in [0, 0.1) is 0 Å². The van der Waals surface area contributed by atoms with Crippen LogP contribution >= 0.6 is 35.6 Å². The van der Waals surface area contributed by atoms with E-state index in [0.717, 1.165) is 16.5 Å². The zero-order chi connectivity index (χ0) is 16.5. The molecule has 2 rings (SSSR count). The van der Waals surface area contributed by atoms with Crippen LogP contribution in [-0.2, 0) is 24.4 Å². The molecule has 4 nitrogen and oxygen atoms in total. The van der Waals surface area contributed by atoms with E-state index in [4.69, 9.17) is 16.3 Å². The molecule has 0 heterocycles. The lowest BCUT2D eigenvalue weighted by Gasteiger charge is -2.12. The fourth-order valence-electron chi connectivity index (χ4n) is 2.16. The van der Waals surface area contributed by atoms with Gasteiger partial charge in [0.05, 0.1) is 6.61 Å². The van der Waals surface area contributed by atoms with Crippen LogP contribution in [0.4, 0.5) is 0 Å². The molecule has 0 unspecified atom stereocenters. The summed E-state index contributed by atoms with van der Waals surface area (Å²) >= 11 is 5.99. The van der Waals surface area contributed by atoms with Crippen LogP contribution < -0.4 is 10.6 Å². The summed E-state index contributed by atoms with van der Waals surface area (Å²) in [6, 6.07) is 16.1. The Morgan fingerprint density at radius 3 is 2.21 bits per heavy atom. The SMILES string of the molecule is CN=C(NCc1ccc(COC)cc1)NCc1cccc(Cl)c1.I. The summed E-state index contributed by atoms with van der Waals surface area (Å²) in [7, 11) is 3.46. The Hall–Kier alpha value is -1.31. The molecule has 2 N–H and O–H groups in total. The van der Waals surface area contributed by atoms with E-state index in [1.54, 1.807) is 14.2 Å². The Kier molecular flexibility index (Phi) is 9.75. The van der Waals surface area contributed by atoms with Crippen molar-refractivity contribution in [3.8, 4) is 0 Å². The van der Waals surface area contributed by atoms with E-state index in [-0.39, 0.29) is 24.0 Å². The van der Waals surface area contributed by atoms with Crippen LogP contribution in [0.2, 0.25) is 5.02 Å². The Balaban J connectivity index is 0.00000288. The molecule has 2 aromatic rings.